The van der Waals surface area contributed by atoms with E-state index in [4.69, 9.17) is 11.6 Å². The topological polar surface area (TPSA) is 47.3 Å². The molecule has 6 heteroatoms. The Kier molecular flexibility index (Phi) is 3.67. The molecule has 0 N–H and O–H groups in total. The summed E-state index contributed by atoms with van der Waals surface area (Å²) in [4.78, 5) is 17.6. The van der Waals surface area contributed by atoms with Crippen LogP contribution in [0.15, 0.2) is 53.3 Å². The Balaban J connectivity index is 1.81. The number of halogens is 1. The average molecular weight is 354 g/mol. The first kappa shape index (κ1) is 15.1. The van der Waals surface area contributed by atoms with Gasteiger partial charge in [0.15, 0.2) is 5.82 Å². The first-order chi connectivity index (χ1) is 11.6. The zero-order chi connectivity index (χ0) is 16.7. The van der Waals surface area contributed by atoms with E-state index in [9.17, 15) is 4.79 Å². The number of thiazole rings is 1. The Morgan fingerprint density at radius 2 is 1.96 bits per heavy atom. The van der Waals surface area contributed by atoms with Gasteiger partial charge in [0.05, 0.1) is 4.53 Å². The van der Waals surface area contributed by atoms with Gasteiger partial charge in [0.1, 0.15) is 0 Å². The number of aryl methyl sites for hydroxylation is 1. The van der Waals surface area contributed by atoms with E-state index in [1.54, 1.807) is 12.1 Å². The lowest BCUT2D eigenvalue weighted by atomic mass is 10.1. The molecular weight excluding hydrogens is 342 g/mol. The molecule has 4 nitrogen and oxygen atoms in total. The lowest BCUT2D eigenvalue weighted by Crippen LogP contribution is -2.23. The van der Waals surface area contributed by atoms with Crippen LogP contribution in [0.1, 0.15) is 11.1 Å². The summed E-state index contributed by atoms with van der Waals surface area (Å²) in [5.74, 6) is 0.570. The van der Waals surface area contributed by atoms with E-state index >= 15 is 0 Å². The van der Waals surface area contributed by atoms with Gasteiger partial charge in [-0.1, -0.05) is 58.8 Å². The molecule has 2 heterocycles. The smallest absolute Gasteiger partial charge is 0.266 e. The summed E-state index contributed by atoms with van der Waals surface area (Å²) in [6.07, 6.45) is 1.83. The molecule has 24 heavy (non-hydrogen) atoms. The van der Waals surface area contributed by atoms with Crippen LogP contribution in [0.5, 0.6) is 0 Å². The van der Waals surface area contributed by atoms with Gasteiger partial charge in [-0.25, -0.2) is 0 Å². The zero-order valence-electron chi connectivity index (χ0n) is 12.7. The molecule has 0 amide bonds. The largest absolute Gasteiger partial charge is 0.291 e. The van der Waals surface area contributed by atoms with Crippen LogP contribution in [0, 0.1) is 6.92 Å². The van der Waals surface area contributed by atoms with Gasteiger partial charge in [0, 0.05) is 10.6 Å². The SMILES string of the molecule is Cc1cccc(-c2nc3s/c(=C/c4ccc(Cl)cc4)c(=O)n3n2)c1. The Morgan fingerprint density at radius 1 is 1.17 bits per heavy atom. The van der Waals surface area contributed by atoms with Crippen molar-refractivity contribution in [1.82, 2.24) is 14.6 Å². The van der Waals surface area contributed by atoms with E-state index in [2.05, 4.69) is 10.1 Å². The van der Waals surface area contributed by atoms with Crippen molar-refractivity contribution in [1.29, 1.82) is 0 Å². The van der Waals surface area contributed by atoms with E-state index in [1.165, 1.54) is 15.9 Å². The molecule has 2 aromatic carbocycles. The molecule has 4 aromatic rings. The fourth-order valence-electron chi connectivity index (χ4n) is 2.45. The maximum Gasteiger partial charge on any atom is 0.291 e. The summed E-state index contributed by atoms with van der Waals surface area (Å²) in [6, 6.07) is 15.3. The van der Waals surface area contributed by atoms with Gasteiger partial charge >= 0.3 is 0 Å². The molecule has 0 aliphatic rings. The van der Waals surface area contributed by atoms with Crippen molar-refractivity contribution < 1.29 is 0 Å². The third-order valence-corrected chi connectivity index (χ3v) is 4.84. The number of nitrogens with zero attached hydrogens (tertiary/aromatic N) is 3. The fourth-order valence-corrected chi connectivity index (χ4v) is 3.48. The fraction of sp³-hybridized carbons (Fsp3) is 0.0556. The zero-order valence-corrected chi connectivity index (χ0v) is 14.3. The molecule has 0 aliphatic heterocycles. The van der Waals surface area contributed by atoms with E-state index in [0.717, 1.165) is 16.7 Å². The summed E-state index contributed by atoms with van der Waals surface area (Å²) in [6.45, 7) is 2.01. The summed E-state index contributed by atoms with van der Waals surface area (Å²) >= 11 is 7.21. The summed E-state index contributed by atoms with van der Waals surface area (Å²) in [7, 11) is 0. The van der Waals surface area contributed by atoms with E-state index < -0.39 is 0 Å². The molecular formula is C18H12ClN3OS. The van der Waals surface area contributed by atoms with Crippen LogP contribution in [0.3, 0.4) is 0 Å². The van der Waals surface area contributed by atoms with Crippen molar-refractivity contribution in [2.24, 2.45) is 0 Å². The van der Waals surface area contributed by atoms with Crippen molar-refractivity contribution in [2.75, 3.05) is 0 Å². The maximum absolute atomic E-state index is 12.5. The molecule has 4 rings (SSSR count). The van der Waals surface area contributed by atoms with E-state index in [1.807, 2.05) is 49.4 Å². The van der Waals surface area contributed by atoms with Crippen molar-refractivity contribution in [3.8, 4) is 11.4 Å². The van der Waals surface area contributed by atoms with Crippen LogP contribution in [-0.4, -0.2) is 14.6 Å². The summed E-state index contributed by atoms with van der Waals surface area (Å²) in [5.41, 5.74) is 2.80. The summed E-state index contributed by atoms with van der Waals surface area (Å²) < 4.78 is 1.97. The molecule has 0 radical (unpaired) electrons. The highest BCUT2D eigenvalue weighted by Gasteiger charge is 2.11. The molecule has 2 aromatic heterocycles. The van der Waals surface area contributed by atoms with Crippen LogP contribution in [0.4, 0.5) is 0 Å². The third-order valence-electron chi connectivity index (χ3n) is 3.63. The number of hydrogen-bond acceptors (Lipinski definition) is 4. The maximum atomic E-state index is 12.5. The quantitative estimate of drug-likeness (QED) is 0.555. The van der Waals surface area contributed by atoms with E-state index in [0.29, 0.717) is 20.3 Å². The van der Waals surface area contributed by atoms with Gasteiger partial charge in [-0.05, 0) is 36.8 Å². The van der Waals surface area contributed by atoms with Crippen LogP contribution in [0.25, 0.3) is 22.4 Å². The molecule has 0 bridgehead atoms. The van der Waals surface area contributed by atoms with Crippen LogP contribution in [0.2, 0.25) is 5.02 Å². The van der Waals surface area contributed by atoms with Crippen molar-refractivity contribution in [3.63, 3.8) is 0 Å². The van der Waals surface area contributed by atoms with Crippen LogP contribution >= 0.6 is 22.9 Å². The second-order valence-electron chi connectivity index (χ2n) is 5.47. The van der Waals surface area contributed by atoms with Gasteiger partial charge in [-0.15, -0.1) is 5.10 Å². The third kappa shape index (κ3) is 2.72. The molecule has 0 atom stereocenters. The minimum absolute atomic E-state index is 0.156. The minimum atomic E-state index is -0.156. The monoisotopic (exact) mass is 353 g/mol. The number of benzene rings is 2. The number of aromatic nitrogens is 3. The van der Waals surface area contributed by atoms with Gasteiger partial charge in [0.25, 0.3) is 5.56 Å². The molecule has 118 valence electrons. The first-order valence-electron chi connectivity index (χ1n) is 7.34. The molecule has 0 saturated heterocycles. The predicted molar refractivity (Wildman–Crippen MR) is 97.5 cm³/mol. The van der Waals surface area contributed by atoms with Crippen molar-refractivity contribution in [3.05, 3.63) is 79.6 Å². The second kappa shape index (κ2) is 5.85. The highest BCUT2D eigenvalue weighted by molar-refractivity contribution is 7.15. The van der Waals surface area contributed by atoms with Crippen LogP contribution in [-0.2, 0) is 0 Å². The highest BCUT2D eigenvalue weighted by Crippen LogP contribution is 2.17. The van der Waals surface area contributed by atoms with Gasteiger partial charge < -0.3 is 0 Å². The van der Waals surface area contributed by atoms with Gasteiger partial charge in [-0.3, -0.25) is 4.79 Å². The minimum Gasteiger partial charge on any atom is -0.266 e. The lowest BCUT2D eigenvalue weighted by Gasteiger charge is -1.95. The van der Waals surface area contributed by atoms with Gasteiger partial charge in [-0.2, -0.15) is 9.50 Å². The molecule has 0 unspecified atom stereocenters. The normalized spacial score (nSPS) is 12.2. The molecule has 0 saturated carbocycles. The van der Waals surface area contributed by atoms with Gasteiger partial charge in [0.2, 0.25) is 4.96 Å². The number of fused-ring (bicyclic) bond motifs is 1. The summed E-state index contributed by atoms with van der Waals surface area (Å²) in [5, 5.41) is 5.03. The second-order valence-corrected chi connectivity index (χ2v) is 6.91. The predicted octanol–water partition coefficient (Wildman–Crippen LogP) is 3.33. The van der Waals surface area contributed by atoms with Crippen molar-refractivity contribution >= 4 is 34.0 Å². The highest BCUT2D eigenvalue weighted by atomic mass is 35.5. The molecule has 0 aliphatic carbocycles. The van der Waals surface area contributed by atoms with Crippen LogP contribution < -0.4 is 10.1 Å². The Bertz CT molecular complexity index is 1150. The Hall–Kier alpha value is -2.50. The number of rotatable bonds is 2. The molecule has 0 spiro atoms. The standard InChI is InChI=1S/C18H12ClN3OS/c1-11-3-2-4-13(9-11)16-20-18-22(21-16)17(23)15(24-18)10-12-5-7-14(19)8-6-12/h2-10H,1H3/b15-10+. The van der Waals surface area contributed by atoms with Crippen molar-refractivity contribution in [2.45, 2.75) is 6.92 Å². The Labute approximate surface area is 146 Å². The molecule has 0 fully saturated rings. The Morgan fingerprint density at radius 3 is 2.67 bits per heavy atom. The average Bonchev–Trinajstić information content (AvgIpc) is 3.10. The van der Waals surface area contributed by atoms with E-state index in [-0.39, 0.29) is 5.56 Å². The number of hydrogen-bond donors (Lipinski definition) is 0. The first-order valence-corrected chi connectivity index (χ1v) is 8.53. The lowest BCUT2D eigenvalue weighted by molar-refractivity contribution is 0.936.